The van der Waals surface area contributed by atoms with Gasteiger partial charge in [0.25, 0.3) is 0 Å². The summed E-state index contributed by atoms with van der Waals surface area (Å²) >= 11 is 0. The second-order valence-electron chi connectivity index (χ2n) is 6.95. The Balaban J connectivity index is 1.77. The summed E-state index contributed by atoms with van der Waals surface area (Å²) in [7, 11) is 0. The molecule has 0 saturated heterocycles. The third-order valence-electron chi connectivity index (χ3n) is 4.62. The average Bonchev–Trinajstić information content (AvgIpc) is 2.69. The van der Waals surface area contributed by atoms with Gasteiger partial charge in [-0.3, -0.25) is 4.79 Å². The van der Waals surface area contributed by atoms with Crippen LogP contribution in [0.4, 0.5) is 0 Å². The largest absolute Gasteiger partial charge is 0.493 e. The maximum absolute atomic E-state index is 12.3. The Morgan fingerprint density at radius 1 is 1.11 bits per heavy atom. The van der Waals surface area contributed by atoms with E-state index in [4.69, 9.17) is 4.74 Å². The van der Waals surface area contributed by atoms with Gasteiger partial charge in [-0.25, -0.2) is 5.43 Å². The number of nitrogens with one attached hydrogen (secondary N) is 1. The first-order chi connectivity index (χ1) is 13.6. The summed E-state index contributed by atoms with van der Waals surface area (Å²) in [5, 5.41) is 6.35. The Morgan fingerprint density at radius 2 is 1.93 bits per heavy atom. The zero-order valence-electron chi connectivity index (χ0n) is 16.7. The molecule has 0 radical (unpaired) electrons. The van der Waals surface area contributed by atoms with Crippen LogP contribution in [-0.4, -0.2) is 18.7 Å². The van der Waals surface area contributed by atoms with Crippen LogP contribution >= 0.6 is 0 Å². The molecule has 1 amide bonds. The van der Waals surface area contributed by atoms with Crippen molar-refractivity contribution in [2.24, 2.45) is 5.10 Å². The van der Waals surface area contributed by atoms with Gasteiger partial charge in [0.2, 0.25) is 5.91 Å². The van der Waals surface area contributed by atoms with Crippen LogP contribution < -0.4 is 10.2 Å². The molecule has 28 heavy (non-hydrogen) atoms. The normalized spacial score (nSPS) is 11.1. The fourth-order valence-electron chi connectivity index (χ4n) is 3.17. The van der Waals surface area contributed by atoms with Crippen LogP contribution in [0.3, 0.4) is 0 Å². The summed E-state index contributed by atoms with van der Waals surface area (Å²) < 4.78 is 5.87. The van der Waals surface area contributed by atoms with Gasteiger partial charge in [-0.15, -0.1) is 0 Å². The van der Waals surface area contributed by atoms with Crippen LogP contribution in [0.2, 0.25) is 0 Å². The van der Waals surface area contributed by atoms with Gasteiger partial charge in [-0.1, -0.05) is 61.0 Å². The van der Waals surface area contributed by atoms with Crippen molar-refractivity contribution >= 4 is 22.9 Å². The Hall–Kier alpha value is -3.14. The number of benzene rings is 3. The molecule has 0 bridgehead atoms. The maximum Gasteiger partial charge on any atom is 0.244 e. The fourth-order valence-corrected chi connectivity index (χ4v) is 3.17. The minimum atomic E-state index is -0.139. The lowest BCUT2D eigenvalue weighted by atomic mass is 10.0. The first-order valence-electron chi connectivity index (χ1n) is 9.61. The molecule has 0 atom stereocenters. The second kappa shape index (κ2) is 9.18. The molecule has 0 aromatic heterocycles. The predicted molar refractivity (Wildman–Crippen MR) is 115 cm³/mol. The summed E-state index contributed by atoms with van der Waals surface area (Å²) in [6.45, 7) is 6.77. The molecule has 4 heteroatoms. The van der Waals surface area contributed by atoms with Crippen LogP contribution in [0.5, 0.6) is 5.75 Å². The van der Waals surface area contributed by atoms with E-state index in [1.165, 1.54) is 5.56 Å². The van der Waals surface area contributed by atoms with Crippen molar-refractivity contribution in [1.82, 2.24) is 5.43 Å². The van der Waals surface area contributed by atoms with Crippen LogP contribution in [0.25, 0.3) is 10.8 Å². The van der Waals surface area contributed by atoms with Crippen LogP contribution in [-0.2, 0) is 11.2 Å². The monoisotopic (exact) mass is 374 g/mol. The number of carbonyl (C=O) groups excluding carboxylic acids is 1. The summed E-state index contributed by atoms with van der Waals surface area (Å²) in [5.41, 5.74) is 6.83. The van der Waals surface area contributed by atoms with Crippen LogP contribution in [0, 0.1) is 13.8 Å². The first-order valence-corrected chi connectivity index (χ1v) is 9.61. The molecule has 144 valence electrons. The Kier molecular flexibility index (Phi) is 6.43. The quantitative estimate of drug-likeness (QED) is 0.470. The number of carbonyl (C=O) groups is 1. The molecule has 3 aromatic carbocycles. The highest BCUT2D eigenvalue weighted by Crippen LogP contribution is 2.26. The van der Waals surface area contributed by atoms with E-state index < -0.39 is 0 Å². The van der Waals surface area contributed by atoms with Gasteiger partial charge in [0.1, 0.15) is 5.75 Å². The smallest absolute Gasteiger partial charge is 0.244 e. The molecule has 0 aliphatic rings. The SMILES string of the molecule is CCCOc1ccc2ccccc2c1/C=N\NC(=O)Cc1ccc(C)cc1C. The number of aryl methyl sites for hydroxylation is 2. The van der Waals surface area contributed by atoms with E-state index in [2.05, 4.69) is 29.6 Å². The maximum atomic E-state index is 12.3. The van der Waals surface area contributed by atoms with E-state index in [9.17, 15) is 4.79 Å². The van der Waals surface area contributed by atoms with Crippen molar-refractivity contribution < 1.29 is 9.53 Å². The van der Waals surface area contributed by atoms with E-state index >= 15 is 0 Å². The molecule has 1 N–H and O–H groups in total. The number of fused-ring (bicyclic) bond motifs is 1. The van der Waals surface area contributed by atoms with Gasteiger partial charge in [0.05, 0.1) is 19.2 Å². The van der Waals surface area contributed by atoms with Gasteiger partial charge >= 0.3 is 0 Å². The number of rotatable bonds is 7. The fraction of sp³-hybridized carbons (Fsp3) is 0.250. The van der Waals surface area contributed by atoms with Gasteiger partial charge in [0, 0.05) is 5.56 Å². The van der Waals surface area contributed by atoms with E-state index in [1.807, 2.05) is 56.3 Å². The number of amides is 1. The molecule has 0 aliphatic heterocycles. The van der Waals surface area contributed by atoms with Crippen molar-refractivity contribution in [2.45, 2.75) is 33.6 Å². The lowest BCUT2D eigenvalue weighted by Crippen LogP contribution is -2.20. The standard InChI is InChI=1S/C24H26N2O2/c1-4-13-28-23-12-11-19-7-5-6-8-21(19)22(23)16-25-26-24(27)15-20-10-9-17(2)14-18(20)3/h5-12,14,16H,4,13,15H2,1-3H3,(H,26,27)/b25-16-. The molecule has 3 aromatic rings. The van der Waals surface area contributed by atoms with Crippen molar-refractivity contribution in [3.63, 3.8) is 0 Å². The number of ether oxygens (including phenoxy) is 1. The molecule has 0 heterocycles. The molecular weight excluding hydrogens is 348 g/mol. The molecule has 0 spiro atoms. The Morgan fingerprint density at radius 3 is 2.71 bits per heavy atom. The molecule has 4 nitrogen and oxygen atoms in total. The van der Waals surface area contributed by atoms with Gasteiger partial charge < -0.3 is 4.74 Å². The minimum Gasteiger partial charge on any atom is -0.493 e. The van der Waals surface area contributed by atoms with Crippen molar-refractivity contribution in [2.75, 3.05) is 6.61 Å². The van der Waals surface area contributed by atoms with E-state index in [0.717, 1.165) is 39.6 Å². The van der Waals surface area contributed by atoms with Crippen LogP contribution in [0.15, 0.2) is 59.7 Å². The predicted octanol–water partition coefficient (Wildman–Crippen LogP) is 4.94. The number of nitrogens with zero attached hydrogens (tertiary/aromatic N) is 1. The Bertz CT molecular complexity index is 1010. The van der Waals surface area contributed by atoms with E-state index in [1.54, 1.807) is 6.21 Å². The lowest BCUT2D eigenvalue weighted by Gasteiger charge is -2.11. The zero-order chi connectivity index (χ0) is 19.9. The van der Waals surface area contributed by atoms with Gasteiger partial charge in [-0.2, -0.15) is 5.10 Å². The lowest BCUT2D eigenvalue weighted by molar-refractivity contribution is -0.120. The summed E-state index contributed by atoms with van der Waals surface area (Å²) in [6, 6.07) is 18.2. The number of hydrogen-bond acceptors (Lipinski definition) is 3. The Labute approximate surface area is 166 Å². The number of hydrogen-bond donors (Lipinski definition) is 1. The highest BCUT2D eigenvalue weighted by Gasteiger charge is 2.08. The van der Waals surface area contributed by atoms with E-state index in [-0.39, 0.29) is 5.91 Å². The van der Waals surface area contributed by atoms with Crippen molar-refractivity contribution in [1.29, 1.82) is 0 Å². The molecular formula is C24H26N2O2. The zero-order valence-corrected chi connectivity index (χ0v) is 16.7. The topological polar surface area (TPSA) is 50.7 Å². The van der Waals surface area contributed by atoms with E-state index in [0.29, 0.717) is 13.0 Å². The van der Waals surface area contributed by atoms with Gasteiger partial charge in [0.15, 0.2) is 0 Å². The van der Waals surface area contributed by atoms with Crippen LogP contribution in [0.1, 0.15) is 35.6 Å². The molecule has 0 fully saturated rings. The summed E-state index contributed by atoms with van der Waals surface area (Å²) in [4.78, 5) is 12.3. The second-order valence-corrected chi connectivity index (χ2v) is 6.95. The molecule has 3 rings (SSSR count). The van der Waals surface area contributed by atoms with Gasteiger partial charge in [-0.05, 0) is 48.2 Å². The highest BCUT2D eigenvalue weighted by molar-refractivity contribution is 6.02. The van der Waals surface area contributed by atoms with Crippen molar-refractivity contribution in [3.05, 3.63) is 76.9 Å². The highest BCUT2D eigenvalue weighted by atomic mass is 16.5. The summed E-state index contributed by atoms with van der Waals surface area (Å²) in [6.07, 6.45) is 2.90. The minimum absolute atomic E-state index is 0.139. The average molecular weight is 374 g/mol. The first kappa shape index (κ1) is 19.6. The third kappa shape index (κ3) is 4.77. The summed E-state index contributed by atoms with van der Waals surface area (Å²) in [5.74, 6) is 0.632. The molecule has 0 saturated carbocycles. The molecule has 0 unspecified atom stereocenters. The third-order valence-corrected chi connectivity index (χ3v) is 4.62. The molecule has 0 aliphatic carbocycles. The van der Waals surface area contributed by atoms with Crippen molar-refractivity contribution in [3.8, 4) is 5.75 Å². The number of hydrazone groups is 1.